The normalized spacial score (nSPS) is 15.9. The van der Waals surface area contributed by atoms with Crippen LogP contribution >= 0.6 is 7.82 Å². The Balaban J connectivity index is 1.35. The first-order valence-electron chi connectivity index (χ1n) is 10.0. The Hall–Kier alpha value is -3.41. The molecule has 1 unspecified atom stereocenters. The van der Waals surface area contributed by atoms with E-state index in [2.05, 4.69) is 19.6 Å². The van der Waals surface area contributed by atoms with E-state index in [1.807, 2.05) is 0 Å². The van der Waals surface area contributed by atoms with E-state index < -0.39 is 20.7 Å². The third-order valence-electron chi connectivity index (χ3n) is 4.77. The molecule has 1 atom stereocenters. The smallest absolute Gasteiger partial charge is 0.459 e. The lowest BCUT2D eigenvalue weighted by Gasteiger charge is -2.30. The highest BCUT2D eigenvalue weighted by atomic mass is 31.2. The Morgan fingerprint density at radius 2 is 2.00 bits per heavy atom. The van der Waals surface area contributed by atoms with Crippen LogP contribution in [0.5, 0.6) is 6.01 Å². The molecule has 0 radical (unpaired) electrons. The molecule has 0 fully saturated rings. The van der Waals surface area contributed by atoms with Crippen LogP contribution in [-0.4, -0.2) is 42.7 Å². The van der Waals surface area contributed by atoms with Gasteiger partial charge in [-0.05, 0) is 29.3 Å². The first-order valence-corrected chi connectivity index (χ1v) is 11.5. The Morgan fingerprint density at radius 3 is 2.74 bits per heavy atom. The lowest BCUT2D eigenvalue weighted by Crippen LogP contribution is -2.41. The molecule has 3 aromatic rings. The van der Waals surface area contributed by atoms with Crippen molar-refractivity contribution in [2.45, 2.75) is 19.2 Å². The number of hydrogen-bond donors (Lipinski definition) is 3. The number of ether oxygens (including phenoxy) is 1. The summed E-state index contributed by atoms with van der Waals surface area (Å²) in [5.74, 6) is 0.0662. The van der Waals surface area contributed by atoms with Crippen LogP contribution in [0.1, 0.15) is 22.6 Å². The van der Waals surface area contributed by atoms with Crippen LogP contribution in [0.3, 0.4) is 0 Å². The van der Waals surface area contributed by atoms with Crippen molar-refractivity contribution in [1.82, 2.24) is 20.0 Å². The molecule has 0 aliphatic carbocycles. The molecule has 0 saturated heterocycles. The maximum absolute atomic E-state index is 13.2. The Bertz CT molecular complexity index is 1240. The van der Waals surface area contributed by atoms with Gasteiger partial charge in [-0.1, -0.05) is 23.4 Å². The van der Waals surface area contributed by atoms with Crippen LogP contribution in [0, 0.1) is 5.82 Å². The maximum Gasteiger partial charge on any atom is 0.471 e. The third-order valence-corrected chi connectivity index (χ3v) is 5.22. The molecule has 0 amide bonds. The number of phosphoric acid groups is 1. The molecule has 1 aliphatic rings. The van der Waals surface area contributed by atoms with E-state index in [9.17, 15) is 8.96 Å². The predicted molar refractivity (Wildman–Crippen MR) is 117 cm³/mol. The highest BCUT2D eigenvalue weighted by molar-refractivity contribution is 7.46. The average Bonchev–Trinajstić information content (AvgIpc) is 3.25. The van der Waals surface area contributed by atoms with E-state index in [-0.39, 0.29) is 18.4 Å². The van der Waals surface area contributed by atoms with Crippen molar-refractivity contribution in [3.63, 3.8) is 0 Å². The zero-order valence-corrected chi connectivity index (χ0v) is 18.6. The zero-order valence-electron chi connectivity index (χ0n) is 17.7. The molecule has 13 heteroatoms. The summed E-state index contributed by atoms with van der Waals surface area (Å²) < 4.78 is 39.6. The number of hydrogen-bond acceptors (Lipinski definition) is 9. The monoisotopic (exact) mass is 489 g/mol. The largest absolute Gasteiger partial charge is 0.471 e. The highest BCUT2D eigenvalue weighted by Gasteiger charge is 2.25. The fourth-order valence-corrected chi connectivity index (χ4v) is 3.43. The van der Waals surface area contributed by atoms with Crippen molar-refractivity contribution >= 4 is 13.4 Å². The minimum absolute atomic E-state index is 0.143. The van der Waals surface area contributed by atoms with Gasteiger partial charge in [0.05, 0.1) is 5.69 Å². The van der Waals surface area contributed by atoms with Gasteiger partial charge >= 0.3 is 13.8 Å². The lowest BCUT2D eigenvalue weighted by atomic mass is 10.1. The van der Waals surface area contributed by atoms with Gasteiger partial charge in [0.25, 0.3) is 0 Å². The first kappa shape index (κ1) is 23.7. The first-order chi connectivity index (χ1) is 16.3. The fourth-order valence-electron chi connectivity index (χ4n) is 3.14. The molecular weight excluding hydrogens is 468 g/mol. The topological polar surface area (TPSA) is 157 Å². The molecule has 1 aromatic carbocycles. The standard InChI is InChI=1S/C21H21FN5O6P/c22-16-4-1-3-14(7-16)12-31-21-24-10-15(11-25-21)8-17-9-19(33-26-17)18-5-2-6-27(20(18)23)13-32-34(28,29)30/h1-7,9-11,20H,8,12-13,23H2,(H2,28,29,30). The molecule has 178 valence electrons. The van der Waals surface area contributed by atoms with Crippen LogP contribution < -0.4 is 10.5 Å². The van der Waals surface area contributed by atoms with E-state index in [0.717, 1.165) is 5.56 Å². The van der Waals surface area contributed by atoms with Crippen molar-refractivity contribution in [3.05, 3.63) is 89.5 Å². The van der Waals surface area contributed by atoms with E-state index in [0.29, 0.717) is 29.0 Å². The quantitative estimate of drug-likeness (QED) is 0.379. The molecule has 2 aromatic heterocycles. The molecule has 0 saturated carbocycles. The number of aromatic nitrogens is 3. The van der Waals surface area contributed by atoms with E-state index >= 15 is 0 Å². The van der Waals surface area contributed by atoms with E-state index in [4.69, 9.17) is 24.8 Å². The van der Waals surface area contributed by atoms with Gasteiger partial charge in [-0.25, -0.2) is 18.9 Å². The van der Waals surface area contributed by atoms with E-state index in [1.54, 1.807) is 48.9 Å². The van der Waals surface area contributed by atoms with E-state index in [1.165, 1.54) is 17.0 Å². The van der Waals surface area contributed by atoms with Gasteiger partial charge in [-0.15, -0.1) is 0 Å². The summed E-state index contributed by atoms with van der Waals surface area (Å²) in [4.78, 5) is 27.5. The van der Waals surface area contributed by atoms with Crippen molar-refractivity contribution in [1.29, 1.82) is 0 Å². The van der Waals surface area contributed by atoms with Gasteiger partial charge in [0, 0.05) is 36.7 Å². The van der Waals surface area contributed by atoms with Gasteiger partial charge in [0.1, 0.15) is 25.3 Å². The maximum atomic E-state index is 13.2. The Morgan fingerprint density at radius 1 is 1.21 bits per heavy atom. The molecule has 4 N–H and O–H groups in total. The highest BCUT2D eigenvalue weighted by Crippen LogP contribution is 2.36. The minimum Gasteiger partial charge on any atom is -0.459 e. The van der Waals surface area contributed by atoms with Gasteiger partial charge in [0.2, 0.25) is 0 Å². The van der Waals surface area contributed by atoms with Crippen LogP contribution in [0.15, 0.2) is 65.6 Å². The van der Waals surface area contributed by atoms with Crippen LogP contribution in [0.25, 0.3) is 5.57 Å². The molecule has 34 heavy (non-hydrogen) atoms. The number of nitrogens with zero attached hydrogens (tertiary/aromatic N) is 4. The summed E-state index contributed by atoms with van der Waals surface area (Å²) in [6.45, 7) is -0.255. The van der Waals surface area contributed by atoms with Crippen LogP contribution in [0.4, 0.5) is 4.39 Å². The molecule has 11 nitrogen and oxygen atoms in total. The summed E-state index contributed by atoms with van der Waals surface area (Å²) in [5, 5.41) is 4.05. The second kappa shape index (κ2) is 10.2. The number of benzene rings is 1. The average molecular weight is 489 g/mol. The summed E-state index contributed by atoms with van der Waals surface area (Å²) in [7, 11) is -4.63. The molecule has 0 bridgehead atoms. The van der Waals surface area contributed by atoms with Crippen molar-refractivity contribution < 1.29 is 32.5 Å². The Kier molecular flexibility index (Phi) is 7.15. The summed E-state index contributed by atoms with van der Waals surface area (Å²) in [6, 6.07) is 7.95. The summed E-state index contributed by atoms with van der Waals surface area (Å²) in [6.07, 6.45) is 7.75. The van der Waals surface area contributed by atoms with Crippen LogP contribution in [-0.2, 0) is 22.1 Å². The fraction of sp³-hybridized carbons (Fsp3) is 0.190. The van der Waals surface area contributed by atoms with Crippen LogP contribution in [0.2, 0.25) is 0 Å². The zero-order chi connectivity index (χ0) is 24.1. The molecule has 3 heterocycles. The van der Waals surface area contributed by atoms with Gasteiger partial charge in [-0.2, -0.15) is 0 Å². The number of nitrogens with two attached hydrogens (primary N) is 1. The SMILES string of the molecule is NC1C(c2cc(Cc3cnc(OCc4cccc(F)c4)nc3)no2)=CC=CN1COP(=O)(O)O. The van der Waals surface area contributed by atoms with Crippen molar-refractivity contribution in [2.24, 2.45) is 5.73 Å². The van der Waals surface area contributed by atoms with Gasteiger partial charge < -0.3 is 29.7 Å². The third kappa shape index (κ3) is 6.34. The molecule has 0 spiro atoms. The molecule has 1 aliphatic heterocycles. The second-order valence-electron chi connectivity index (χ2n) is 7.32. The second-order valence-corrected chi connectivity index (χ2v) is 8.56. The Labute approximate surface area is 193 Å². The molecular formula is C21H21FN5O6P. The summed E-state index contributed by atoms with van der Waals surface area (Å²) >= 11 is 0. The van der Waals surface area contributed by atoms with Crippen molar-refractivity contribution in [2.75, 3.05) is 6.73 Å². The predicted octanol–water partition coefficient (Wildman–Crippen LogP) is 2.34. The van der Waals surface area contributed by atoms with Crippen molar-refractivity contribution in [3.8, 4) is 6.01 Å². The summed E-state index contributed by atoms with van der Waals surface area (Å²) in [5.41, 5.74) is 8.77. The number of phosphoric ester groups is 1. The number of halogens is 1. The molecule has 4 rings (SSSR count). The lowest BCUT2D eigenvalue weighted by molar-refractivity contribution is 0.110. The number of rotatable bonds is 9. The number of allylic oxidation sites excluding steroid dienone is 2. The minimum atomic E-state index is -4.63. The van der Waals surface area contributed by atoms with Gasteiger partial charge in [0.15, 0.2) is 5.76 Å². The van der Waals surface area contributed by atoms with Gasteiger partial charge in [-0.3, -0.25) is 4.52 Å².